The van der Waals surface area contributed by atoms with Gasteiger partial charge in [0.1, 0.15) is 29.9 Å². The van der Waals surface area contributed by atoms with Gasteiger partial charge in [-0.25, -0.2) is 14.9 Å². The highest BCUT2D eigenvalue weighted by Gasteiger charge is 2.54. The Hall–Kier alpha value is -3.06. The molecule has 20 heteroatoms. The van der Waals surface area contributed by atoms with Crippen LogP contribution in [0.1, 0.15) is 33.9 Å². The van der Waals surface area contributed by atoms with Crippen molar-refractivity contribution in [2.75, 3.05) is 32.3 Å². The summed E-state index contributed by atoms with van der Waals surface area (Å²) in [5.41, 5.74) is 4.27. The first kappa shape index (κ1) is 32.8. The lowest BCUT2D eigenvalue weighted by atomic mass is 9.96. The Bertz CT molecular complexity index is 1440. The van der Waals surface area contributed by atoms with Gasteiger partial charge in [0, 0.05) is 12.8 Å². The quantitative estimate of drug-likeness (QED) is 0.114. The predicted molar refractivity (Wildman–Crippen MR) is 152 cm³/mol. The highest BCUT2D eigenvalue weighted by atomic mass is 32.7. The van der Waals surface area contributed by atoms with Crippen LogP contribution in [0.5, 0.6) is 5.88 Å². The molecule has 18 nitrogen and oxygen atoms in total. The first-order chi connectivity index (χ1) is 20.1. The third-order valence-corrected chi connectivity index (χ3v) is 10.9. The van der Waals surface area contributed by atoms with E-state index in [9.17, 15) is 29.2 Å². The number of urea groups is 1. The fourth-order valence-corrected chi connectivity index (χ4v) is 8.43. The van der Waals surface area contributed by atoms with Crippen LogP contribution in [0.15, 0.2) is 6.33 Å². The van der Waals surface area contributed by atoms with E-state index in [0.29, 0.717) is 11.4 Å². The summed E-state index contributed by atoms with van der Waals surface area (Å²) in [4.78, 5) is 50.1. The third-order valence-electron chi connectivity index (χ3n) is 6.80. The molecule has 0 bridgehead atoms. The monoisotopic (exact) mass is 646 g/mol. The zero-order valence-corrected chi connectivity index (χ0v) is 26.0. The summed E-state index contributed by atoms with van der Waals surface area (Å²) < 4.78 is 37.5. The molecule has 43 heavy (non-hydrogen) atoms. The number of imide groups is 1. The molecule has 2 aromatic heterocycles. The molecule has 6 N–H and O–H groups in total. The second-order valence-electron chi connectivity index (χ2n) is 10.5. The highest BCUT2D eigenvalue weighted by Crippen LogP contribution is 2.57. The van der Waals surface area contributed by atoms with Gasteiger partial charge in [0.15, 0.2) is 17.4 Å². The number of fused-ring (bicyclic) bond motifs is 1. The lowest BCUT2D eigenvalue weighted by Gasteiger charge is -2.27. The predicted octanol–water partition coefficient (Wildman–Crippen LogP) is -0.236. The van der Waals surface area contributed by atoms with E-state index in [4.69, 9.17) is 24.5 Å². The summed E-state index contributed by atoms with van der Waals surface area (Å²) in [6, 6.07) is -2.66. The maximum atomic E-state index is 14.0. The van der Waals surface area contributed by atoms with E-state index in [2.05, 4.69) is 25.4 Å². The van der Waals surface area contributed by atoms with Gasteiger partial charge in [0.25, 0.3) is 5.91 Å². The van der Waals surface area contributed by atoms with E-state index in [-0.39, 0.29) is 28.7 Å². The number of nitrogens with one attached hydrogen (secondary N) is 2. The zero-order valence-electron chi connectivity index (χ0n) is 24.3. The van der Waals surface area contributed by atoms with Crippen LogP contribution in [-0.2, 0) is 28.2 Å². The van der Waals surface area contributed by atoms with E-state index < -0.39 is 73.5 Å². The van der Waals surface area contributed by atoms with Crippen LogP contribution in [0.2, 0.25) is 0 Å². The summed E-state index contributed by atoms with van der Waals surface area (Å²) in [6.07, 6.45) is -3.16. The Morgan fingerprint density at radius 2 is 2.05 bits per heavy atom. The number of amides is 3. The SMILES string of the molecule is COc1nc(N)nc2c1ncn2[C@@H]1O[C@H](COP(=O)(N[C@H](C)C(=O)OC(C)C)SC[C@@H]2C(=O)NC(=O)N2C)[C@@H](O)[C@@]1(C)O. The average Bonchev–Trinajstić information content (AvgIpc) is 3.52. The van der Waals surface area contributed by atoms with Gasteiger partial charge in [0.2, 0.25) is 11.8 Å². The molecule has 0 aliphatic carbocycles. The molecule has 238 valence electrons. The number of aliphatic hydroxyl groups excluding tert-OH is 1. The molecule has 1 unspecified atom stereocenters. The van der Waals surface area contributed by atoms with Crippen molar-refractivity contribution in [3.63, 3.8) is 0 Å². The summed E-state index contributed by atoms with van der Waals surface area (Å²) in [6.45, 7) is 1.49. The Balaban J connectivity index is 1.54. The van der Waals surface area contributed by atoms with Gasteiger partial charge < -0.3 is 39.6 Å². The van der Waals surface area contributed by atoms with E-state index >= 15 is 0 Å². The number of anilines is 1. The third kappa shape index (κ3) is 6.72. The maximum Gasteiger partial charge on any atom is 0.327 e. The van der Waals surface area contributed by atoms with Gasteiger partial charge in [-0.05, 0) is 27.7 Å². The van der Waals surface area contributed by atoms with Crippen molar-refractivity contribution in [1.82, 2.24) is 34.8 Å². The number of hydrogen-bond donors (Lipinski definition) is 5. The molecule has 2 saturated heterocycles. The van der Waals surface area contributed by atoms with Gasteiger partial charge in [0.05, 0.1) is 26.1 Å². The summed E-state index contributed by atoms with van der Waals surface area (Å²) in [5.74, 6) is -1.46. The summed E-state index contributed by atoms with van der Waals surface area (Å²) in [7, 11) is 2.79. The molecular weight excluding hydrogens is 611 g/mol. The van der Waals surface area contributed by atoms with Crippen LogP contribution in [0, 0.1) is 0 Å². The average molecular weight is 647 g/mol. The number of ether oxygens (including phenoxy) is 3. The van der Waals surface area contributed by atoms with Crippen molar-refractivity contribution >= 4 is 53.1 Å². The molecule has 2 fully saturated rings. The molecule has 0 saturated carbocycles. The van der Waals surface area contributed by atoms with Gasteiger partial charge in [-0.3, -0.25) is 24.0 Å². The molecule has 3 amide bonds. The standard InChI is InChI=1S/C23H35N8O10PS/c1-10(2)40-19(34)11(3)29-42(37,43-8-12-17(33)27-22(35)30(12)5)39-7-13-15(32)23(4,36)20(41-13)31-9-25-14-16(31)26-21(24)28-18(14)38-6/h9-13,15,20,32,36H,7-8H2,1-6H3,(H,29,37)(H2,24,26,28)(H,27,33,35)/t11-,12-,13-,15-,20-,23-,42?/m1/s1. The number of aromatic nitrogens is 4. The number of esters is 1. The Labute approximate surface area is 250 Å². The second-order valence-corrected chi connectivity index (χ2v) is 14.8. The van der Waals surface area contributed by atoms with Crippen molar-refractivity contribution in [1.29, 1.82) is 0 Å². The molecule has 2 aliphatic rings. The van der Waals surface area contributed by atoms with E-state index in [1.165, 1.54) is 38.9 Å². The molecule has 7 atom stereocenters. The van der Waals surface area contributed by atoms with Crippen molar-refractivity contribution in [3.8, 4) is 5.88 Å². The van der Waals surface area contributed by atoms with Crippen LogP contribution < -0.4 is 20.9 Å². The fraction of sp³-hybridized carbons (Fsp3) is 0.652. The molecule has 4 heterocycles. The highest BCUT2D eigenvalue weighted by molar-refractivity contribution is 8.56. The minimum Gasteiger partial charge on any atom is -0.479 e. The van der Waals surface area contributed by atoms with Gasteiger partial charge in [-0.2, -0.15) is 9.97 Å². The number of likely N-dealkylation sites (N-methyl/N-ethyl adjacent to an activating group) is 1. The number of nitrogens with zero attached hydrogens (tertiary/aromatic N) is 5. The van der Waals surface area contributed by atoms with Crippen molar-refractivity contribution in [3.05, 3.63) is 6.33 Å². The van der Waals surface area contributed by atoms with Gasteiger partial charge in [-0.1, -0.05) is 11.4 Å². The topological polar surface area (TPSA) is 243 Å². The lowest BCUT2D eigenvalue weighted by Crippen LogP contribution is -2.44. The van der Waals surface area contributed by atoms with Crippen LogP contribution in [0.4, 0.5) is 10.7 Å². The minimum absolute atomic E-state index is 0.0942. The normalized spacial score (nSPS) is 27.9. The van der Waals surface area contributed by atoms with Gasteiger partial charge >= 0.3 is 18.7 Å². The second kappa shape index (κ2) is 12.5. The number of imidazole rings is 1. The van der Waals surface area contributed by atoms with Crippen molar-refractivity contribution < 1.29 is 47.9 Å². The zero-order chi connectivity index (χ0) is 31.9. The summed E-state index contributed by atoms with van der Waals surface area (Å²) in [5, 5.41) is 27.1. The number of carbonyl (C=O) groups is 3. The van der Waals surface area contributed by atoms with Crippen LogP contribution >= 0.6 is 18.1 Å². The number of nitrogen functional groups attached to an aromatic ring is 1. The first-order valence-electron chi connectivity index (χ1n) is 13.1. The van der Waals surface area contributed by atoms with E-state index in [0.717, 1.165) is 4.90 Å². The largest absolute Gasteiger partial charge is 0.479 e. The molecule has 0 aromatic carbocycles. The molecule has 0 spiro atoms. The summed E-state index contributed by atoms with van der Waals surface area (Å²) >= 11 is 0.686. The van der Waals surface area contributed by atoms with Crippen LogP contribution in [0.3, 0.4) is 0 Å². The van der Waals surface area contributed by atoms with Gasteiger partial charge in [-0.15, -0.1) is 0 Å². The Morgan fingerprint density at radius 1 is 1.35 bits per heavy atom. The van der Waals surface area contributed by atoms with Crippen molar-refractivity contribution in [2.45, 2.75) is 69.9 Å². The number of hydrogen-bond acceptors (Lipinski definition) is 15. The van der Waals surface area contributed by atoms with Crippen LogP contribution in [-0.4, -0.2) is 115 Å². The number of methoxy groups -OCH3 is 1. The Morgan fingerprint density at radius 3 is 2.65 bits per heavy atom. The van der Waals surface area contributed by atoms with Crippen LogP contribution in [0.25, 0.3) is 11.2 Å². The van der Waals surface area contributed by atoms with E-state index in [1.807, 2.05) is 0 Å². The minimum atomic E-state index is -4.05. The number of nitrogens with two attached hydrogens (primary N) is 1. The molecule has 4 rings (SSSR count). The lowest BCUT2D eigenvalue weighted by molar-refractivity contribution is -0.149. The molecule has 2 aromatic rings. The number of carbonyl (C=O) groups excluding carboxylic acids is 3. The number of aliphatic hydroxyl groups is 2. The maximum absolute atomic E-state index is 14.0. The molecule has 0 radical (unpaired) electrons. The number of rotatable bonds is 12. The molecule has 2 aliphatic heterocycles. The first-order valence-corrected chi connectivity index (χ1v) is 16.3. The fourth-order valence-electron chi connectivity index (χ4n) is 4.46. The Kier molecular flexibility index (Phi) is 9.55. The molecular formula is C23H35N8O10PS. The smallest absolute Gasteiger partial charge is 0.327 e. The van der Waals surface area contributed by atoms with E-state index in [1.54, 1.807) is 13.8 Å². The van der Waals surface area contributed by atoms with Crippen molar-refractivity contribution in [2.24, 2.45) is 0 Å².